The molecule has 2 aliphatic rings. The summed E-state index contributed by atoms with van der Waals surface area (Å²) in [6, 6.07) is 1.69. The van der Waals surface area contributed by atoms with Gasteiger partial charge in [0.15, 0.2) is 0 Å². The minimum Gasteiger partial charge on any atom is -0.381 e. The first-order valence-corrected chi connectivity index (χ1v) is 8.46. The number of nitrogens with one attached hydrogen (secondary N) is 1. The lowest BCUT2D eigenvalue weighted by atomic mass is 10.0. The highest BCUT2D eigenvalue weighted by atomic mass is 35.5. The van der Waals surface area contributed by atoms with Crippen LogP contribution in [0, 0.1) is 5.92 Å². The number of anilines is 1. The number of carbonyl (C=O) groups is 1. The second-order valence-corrected chi connectivity index (χ2v) is 6.33. The van der Waals surface area contributed by atoms with Gasteiger partial charge in [-0.2, -0.15) is 0 Å². The van der Waals surface area contributed by atoms with Crippen LogP contribution in [0.25, 0.3) is 0 Å². The Bertz CT molecular complexity index is 543. The van der Waals surface area contributed by atoms with Gasteiger partial charge in [-0.25, -0.2) is 4.98 Å². The molecule has 2 aliphatic heterocycles. The minimum absolute atomic E-state index is 0.0464. The Hall–Kier alpha value is -1.37. The Balaban J connectivity index is 1.59. The number of carbonyl (C=O) groups excluding carboxylic acids is 1. The Labute approximate surface area is 141 Å². The van der Waals surface area contributed by atoms with Crippen LogP contribution in [-0.4, -0.2) is 61.9 Å². The molecule has 2 fully saturated rings. The summed E-state index contributed by atoms with van der Waals surface area (Å²) in [5.41, 5.74) is 0.517. The number of morpholine rings is 1. The first-order valence-electron chi connectivity index (χ1n) is 8.08. The van der Waals surface area contributed by atoms with Gasteiger partial charge in [-0.3, -0.25) is 4.79 Å². The molecular formula is C16H22ClN3O3. The van der Waals surface area contributed by atoms with Crippen LogP contribution < -0.4 is 5.32 Å². The van der Waals surface area contributed by atoms with E-state index in [0.29, 0.717) is 48.6 Å². The van der Waals surface area contributed by atoms with Crippen molar-refractivity contribution in [2.24, 2.45) is 5.92 Å². The predicted molar refractivity (Wildman–Crippen MR) is 88.0 cm³/mol. The van der Waals surface area contributed by atoms with Crippen LogP contribution in [0.5, 0.6) is 0 Å². The molecule has 0 bridgehead atoms. The Morgan fingerprint density at radius 3 is 2.87 bits per heavy atom. The van der Waals surface area contributed by atoms with Gasteiger partial charge >= 0.3 is 0 Å². The third kappa shape index (κ3) is 4.34. The number of pyridine rings is 1. The summed E-state index contributed by atoms with van der Waals surface area (Å²) in [6.07, 6.45) is 3.84. The maximum absolute atomic E-state index is 12.4. The molecule has 0 saturated carbocycles. The number of rotatable bonds is 4. The van der Waals surface area contributed by atoms with Gasteiger partial charge in [0.1, 0.15) is 5.82 Å². The van der Waals surface area contributed by atoms with Crippen LogP contribution in [0.3, 0.4) is 0 Å². The summed E-state index contributed by atoms with van der Waals surface area (Å²) in [5.74, 6) is 1.06. The van der Waals surface area contributed by atoms with Crippen LogP contribution in [0.1, 0.15) is 23.2 Å². The van der Waals surface area contributed by atoms with E-state index in [0.717, 1.165) is 32.6 Å². The molecule has 7 heteroatoms. The Kier molecular flexibility index (Phi) is 5.70. The summed E-state index contributed by atoms with van der Waals surface area (Å²) in [5, 5.41) is 3.73. The van der Waals surface area contributed by atoms with Crippen LogP contribution in [0.2, 0.25) is 5.02 Å². The maximum Gasteiger partial charge on any atom is 0.255 e. The summed E-state index contributed by atoms with van der Waals surface area (Å²) in [6.45, 7) is 4.79. The fraction of sp³-hybridized carbons (Fsp3) is 0.625. The van der Waals surface area contributed by atoms with Crippen molar-refractivity contribution in [1.82, 2.24) is 9.88 Å². The molecule has 1 unspecified atom stereocenters. The van der Waals surface area contributed by atoms with Gasteiger partial charge in [0.05, 0.1) is 30.4 Å². The minimum atomic E-state index is -0.0464. The van der Waals surface area contributed by atoms with Crippen molar-refractivity contribution in [2.45, 2.75) is 12.8 Å². The topological polar surface area (TPSA) is 63.7 Å². The lowest BCUT2D eigenvalue weighted by Gasteiger charge is -2.27. The SMILES string of the molecule is O=C(c1cnc(NCC2CCCOC2)c(Cl)c1)N1CCOCC1. The quantitative estimate of drug-likeness (QED) is 0.909. The van der Waals surface area contributed by atoms with E-state index in [-0.39, 0.29) is 5.91 Å². The molecule has 1 atom stereocenters. The van der Waals surface area contributed by atoms with Gasteiger partial charge in [0, 0.05) is 32.4 Å². The van der Waals surface area contributed by atoms with Crippen molar-refractivity contribution >= 4 is 23.3 Å². The average molecular weight is 340 g/mol. The van der Waals surface area contributed by atoms with Gasteiger partial charge in [-0.05, 0) is 24.8 Å². The van der Waals surface area contributed by atoms with Gasteiger partial charge in [0.25, 0.3) is 5.91 Å². The van der Waals surface area contributed by atoms with Crippen LogP contribution in [0.4, 0.5) is 5.82 Å². The third-order valence-corrected chi connectivity index (χ3v) is 4.49. The number of amides is 1. The van der Waals surface area contributed by atoms with Crippen molar-refractivity contribution in [3.05, 3.63) is 22.8 Å². The summed E-state index contributed by atoms with van der Waals surface area (Å²) in [7, 11) is 0. The molecule has 0 aliphatic carbocycles. The first-order chi connectivity index (χ1) is 11.2. The number of ether oxygens (including phenoxy) is 2. The molecule has 1 N–H and O–H groups in total. The largest absolute Gasteiger partial charge is 0.381 e. The number of halogens is 1. The maximum atomic E-state index is 12.4. The number of nitrogens with zero attached hydrogens (tertiary/aromatic N) is 2. The molecule has 23 heavy (non-hydrogen) atoms. The van der Waals surface area contributed by atoms with Crippen LogP contribution in [-0.2, 0) is 9.47 Å². The van der Waals surface area contributed by atoms with E-state index in [1.54, 1.807) is 17.2 Å². The molecule has 1 aromatic rings. The smallest absolute Gasteiger partial charge is 0.255 e. The number of hydrogen-bond donors (Lipinski definition) is 1. The van der Waals surface area contributed by atoms with Gasteiger partial charge in [-0.15, -0.1) is 0 Å². The van der Waals surface area contributed by atoms with Crippen molar-refractivity contribution in [3.8, 4) is 0 Å². The fourth-order valence-corrected chi connectivity index (χ4v) is 3.08. The lowest BCUT2D eigenvalue weighted by Crippen LogP contribution is -2.40. The zero-order valence-electron chi connectivity index (χ0n) is 13.1. The normalized spacial score (nSPS) is 22.0. The van der Waals surface area contributed by atoms with E-state index >= 15 is 0 Å². The molecule has 1 amide bonds. The van der Waals surface area contributed by atoms with Crippen LogP contribution in [0.15, 0.2) is 12.3 Å². The summed E-state index contributed by atoms with van der Waals surface area (Å²) >= 11 is 6.28. The monoisotopic (exact) mass is 339 g/mol. The second-order valence-electron chi connectivity index (χ2n) is 5.92. The molecule has 126 valence electrons. The highest BCUT2D eigenvalue weighted by Gasteiger charge is 2.20. The van der Waals surface area contributed by atoms with Crippen LogP contribution >= 0.6 is 11.6 Å². The van der Waals surface area contributed by atoms with E-state index in [4.69, 9.17) is 21.1 Å². The lowest BCUT2D eigenvalue weighted by molar-refractivity contribution is 0.0302. The standard InChI is InChI=1S/C16H22ClN3O3/c17-14-8-13(16(21)20-3-6-22-7-4-20)10-19-15(14)18-9-12-2-1-5-23-11-12/h8,10,12H,1-7,9,11H2,(H,18,19). The summed E-state index contributed by atoms with van der Waals surface area (Å²) in [4.78, 5) is 18.5. The Morgan fingerprint density at radius 2 is 2.17 bits per heavy atom. The zero-order chi connectivity index (χ0) is 16.1. The second kappa shape index (κ2) is 7.95. The molecule has 0 spiro atoms. The van der Waals surface area contributed by atoms with E-state index in [9.17, 15) is 4.79 Å². The molecule has 3 rings (SSSR count). The third-order valence-electron chi connectivity index (χ3n) is 4.20. The molecule has 2 saturated heterocycles. The van der Waals surface area contributed by atoms with Gasteiger partial charge in [-0.1, -0.05) is 11.6 Å². The Morgan fingerprint density at radius 1 is 1.35 bits per heavy atom. The molecule has 3 heterocycles. The average Bonchev–Trinajstić information content (AvgIpc) is 2.61. The van der Waals surface area contributed by atoms with Crippen molar-refractivity contribution in [3.63, 3.8) is 0 Å². The predicted octanol–water partition coefficient (Wildman–Crippen LogP) is 2.05. The summed E-state index contributed by atoms with van der Waals surface area (Å²) < 4.78 is 10.7. The van der Waals surface area contributed by atoms with E-state index in [1.165, 1.54) is 0 Å². The highest BCUT2D eigenvalue weighted by Crippen LogP contribution is 2.22. The molecule has 6 nitrogen and oxygen atoms in total. The molecule has 0 aromatic carbocycles. The molecule has 1 aromatic heterocycles. The van der Waals surface area contributed by atoms with Crippen molar-refractivity contribution in [1.29, 1.82) is 0 Å². The molecular weight excluding hydrogens is 318 g/mol. The van der Waals surface area contributed by atoms with Crippen molar-refractivity contribution in [2.75, 3.05) is 51.4 Å². The van der Waals surface area contributed by atoms with Crippen molar-refractivity contribution < 1.29 is 14.3 Å². The zero-order valence-corrected chi connectivity index (χ0v) is 13.8. The van der Waals surface area contributed by atoms with E-state index < -0.39 is 0 Å². The van der Waals surface area contributed by atoms with E-state index in [2.05, 4.69) is 10.3 Å². The van der Waals surface area contributed by atoms with Gasteiger partial charge in [0.2, 0.25) is 0 Å². The number of hydrogen-bond acceptors (Lipinski definition) is 5. The first kappa shape index (κ1) is 16.5. The van der Waals surface area contributed by atoms with Gasteiger partial charge < -0.3 is 19.7 Å². The fourth-order valence-electron chi connectivity index (χ4n) is 2.84. The molecule has 0 radical (unpaired) electrons. The highest BCUT2D eigenvalue weighted by molar-refractivity contribution is 6.33. The number of aromatic nitrogens is 1. The van der Waals surface area contributed by atoms with E-state index in [1.807, 2.05) is 0 Å².